The Kier molecular flexibility index (Phi) is 5.16. The number of anilines is 1. The number of hydrogen-bond donors (Lipinski definition) is 1. The number of thiophene rings is 1. The van der Waals surface area contributed by atoms with Crippen LogP contribution in [0.5, 0.6) is 5.75 Å². The molecule has 2 heterocycles. The molecule has 27 heavy (non-hydrogen) atoms. The molecule has 2 amide bonds. The van der Waals surface area contributed by atoms with E-state index in [0.29, 0.717) is 5.75 Å². The summed E-state index contributed by atoms with van der Waals surface area (Å²) in [5.41, 5.74) is 2.05. The van der Waals surface area contributed by atoms with Crippen LogP contribution in [0.1, 0.15) is 45.8 Å². The maximum absolute atomic E-state index is 13.4. The van der Waals surface area contributed by atoms with E-state index in [2.05, 4.69) is 11.4 Å². The molecule has 1 aromatic heterocycles. The Bertz CT molecular complexity index is 835. The number of nitrogens with zero attached hydrogens (tertiary/aromatic N) is 1. The molecule has 2 aromatic rings. The molecule has 1 aromatic carbocycles. The zero-order chi connectivity index (χ0) is 18.8. The Morgan fingerprint density at radius 1 is 1.15 bits per heavy atom. The number of carbonyl (C=O) groups is 2. The molecule has 0 spiro atoms. The molecule has 0 fully saturated rings. The largest absolute Gasteiger partial charge is 0.477 e. The molecule has 4 rings (SSSR count). The molecule has 1 aliphatic carbocycles. The van der Waals surface area contributed by atoms with Crippen LogP contribution in [-0.4, -0.2) is 31.5 Å². The fourth-order valence-electron chi connectivity index (χ4n) is 3.81. The maximum atomic E-state index is 13.4. The first kappa shape index (κ1) is 18.0. The molecule has 1 aliphatic heterocycles. The van der Waals surface area contributed by atoms with Crippen molar-refractivity contribution in [1.82, 2.24) is 5.32 Å². The predicted octanol–water partition coefficient (Wildman–Crippen LogP) is 3.56. The average Bonchev–Trinajstić information content (AvgIpc) is 3.07. The Morgan fingerprint density at radius 3 is 2.74 bits per heavy atom. The number of likely N-dealkylation sites (N-methyl/N-ethyl adjacent to an activating group) is 1. The van der Waals surface area contributed by atoms with E-state index in [9.17, 15) is 9.59 Å². The number of ether oxygens (including phenoxy) is 1. The molecular weight excluding hydrogens is 360 g/mol. The summed E-state index contributed by atoms with van der Waals surface area (Å²) < 4.78 is 5.81. The highest BCUT2D eigenvalue weighted by Crippen LogP contribution is 2.36. The molecule has 142 valence electrons. The number of para-hydroxylation sites is 2. The van der Waals surface area contributed by atoms with Gasteiger partial charge in [0.2, 0.25) is 0 Å². The number of fused-ring (bicyclic) bond motifs is 2. The van der Waals surface area contributed by atoms with Crippen molar-refractivity contribution in [2.75, 3.05) is 18.5 Å². The normalized spacial score (nSPS) is 19.1. The van der Waals surface area contributed by atoms with Crippen LogP contribution in [-0.2, 0) is 17.6 Å². The standard InChI is InChI=1S/C21H24N2O3S/c1-22-20(24)17-13-23(15-9-6-7-10-16(15)26-17)21(25)19-12-14-8-4-2-3-5-11-18(14)27-19/h6-7,9-10,12,17H,2-5,8,11,13H2,1H3,(H,22,24)/t17-/m0/s1. The quantitative estimate of drug-likeness (QED) is 0.861. The minimum absolute atomic E-state index is 0.0450. The lowest BCUT2D eigenvalue weighted by molar-refractivity contribution is -0.127. The van der Waals surface area contributed by atoms with Gasteiger partial charge in [0.25, 0.3) is 11.8 Å². The molecule has 0 unspecified atom stereocenters. The van der Waals surface area contributed by atoms with Gasteiger partial charge in [-0.2, -0.15) is 0 Å². The smallest absolute Gasteiger partial charge is 0.268 e. The van der Waals surface area contributed by atoms with Gasteiger partial charge in [-0.3, -0.25) is 14.5 Å². The highest BCUT2D eigenvalue weighted by Gasteiger charge is 2.34. The third-order valence-electron chi connectivity index (χ3n) is 5.27. The Hall–Kier alpha value is -2.34. The lowest BCUT2D eigenvalue weighted by Crippen LogP contribution is -2.50. The van der Waals surface area contributed by atoms with Gasteiger partial charge in [-0.1, -0.05) is 25.0 Å². The molecule has 6 heteroatoms. The molecule has 0 radical (unpaired) electrons. The molecule has 1 atom stereocenters. The van der Waals surface area contributed by atoms with E-state index in [-0.39, 0.29) is 18.4 Å². The SMILES string of the molecule is CNC(=O)[C@@H]1CN(C(=O)c2cc3c(s2)CCCCCC3)c2ccccc2O1. The van der Waals surface area contributed by atoms with E-state index in [1.54, 1.807) is 29.4 Å². The summed E-state index contributed by atoms with van der Waals surface area (Å²) in [7, 11) is 1.58. The second-order valence-electron chi connectivity index (χ2n) is 7.08. The summed E-state index contributed by atoms with van der Waals surface area (Å²) in [5, 5.41) is 2.62. The first-order chi connectivity index (χ1) is 13.2. The van der Waals surface area contributed by atoms with Crippen molar-refractivity contribution < 1.29 is 14.3 Å². The molecule has 1 N–H and O–H groups in total. The molecule has 2 aliphatic rings. The zero-order valence-corrected chi connectivity index (χ0v) is 16.3. The van der Waals surface area contributed by atoms with Crippen LogP contribution >= 0.6 is 11.3 Å². The number of aryl methyl sites for hydroxylation is 2. The number of rotatable bonds is 2. The highest BCUT2D eigenvalue weighted by atomic mass is 32.1. The van der Waals surface area contributed by atoms with Gasteiger partial charge in [-0.25, -0.2) is 0 Å². The third-order valence-corrected chi connectivity index (χ3v) is 6.49. The Morgan fingerprint density at radius 2 is 1.93 bits per heavy atom. The Balaban J connectivity index is 1.66. The van der Waals surface area contributed by atoms with Crippen LogP contribution in [0.15, 0.2) is 30.3 Å². The van der Waals surface area contributed by atoms with Gasteiger partial charge in [-0.05, 0) is 49.4 Å². The zero-order valence-electron chi connectivity index (χ0n) is 15.5. The van der Waals surface area contributed by atoms with Crippen molar-refractivity contribution >= 4 is 28.8 Å². The van der Waals surface area contributed by atoms with Crippen LogP contribution < -0.4 is 15.0 Å². The average molecular weight is 385 g/mol. The van der Waals surface area contributed by atoms with Gasteiger partial charge in [0.1, 0.15) is 5.75 Å². The summed E-state index contributed by atoms with van der Waals surface area (Å²) >= 11 is 1.62. The summed E-state index contributed by atoms with van der Waals surface area (Å²) in [6, 6.07) is 9.48. The van der Waals surface area contributed by atoms with Gasteiger partial charge in [0.15, 0.2) is 6.10 Å². The van der Waals surface area contributed by atoms with Gasteiger partial charge in [0.05, 0.1) is 17.1 Å². The summed E-state index contributed by atoms with van der Waals surface area (Å²) in [6.45, 7) is 0.220. The summed E-state index contributed by atoms with van der Waals surface area (Å²) in [5.74, 6) is 0.303. The van der Waals surface area contributed by atoms with Crippen LogP contribution in [0, 0.1) is 0 Å². The predicted molar refractivity (Wildman–Crippen MR) is 107 cm³/mol. The van der Waals surface area contributed by atoms with Crippen LogP contribution in [0.2, 0.25) is 0 Å². The monoisotopic (exact) mass is 384 g/mol. The van der Waals surface area contributed by atoms with Crippen LogP contribution in [0.25, 0.3) is 0 Å². The van der Waals surface area contributed by atoms with E-state index in [0.717, 1.165) is 23.4 Å². The highest BCUT2D eigenvalue weighted by molar-refractivity contribution is 7.14. The van der Waals surface area contributed by atoms with E-state index in [4.69, 9.17) is 4.74 Å². The van der Waals surface area contributed by atoms with Crippen molar-refractivity contribution in [1.29, 1.82) is 0 Å². The van der Waals surface area contributed by atoms with Crippen LogP contribution in [0.3, 0.4) is 0 Å². The topological polar surface area (TPSA) is 58.6 Å². The number of hydrogen-bond acceptors (Lipinski definition) is 4. The van der Waals surface area contributed by atoms with Gasteiger partial charge < -0.3 is 10.1 Å². The van der Waals surface area contributed by atoms with Crippen molar-refractivity contribution in [3.8, 4) is 5.75 Å². The van der Waals surface area contributed by atoms with Crippen molar-refractivity contribution in [3.05, 3.63) is 45.6 Å². The molecule has 0 saturated carbocycles. The number of carbonyl (C=O) groups excluding carboxylic acids is 2. The van der Waals surface area contributed by atoms with Gasteiger partial charge >= 0.3 is 0 Å². The summed E-state index contributed by atoms with van der Waals surface area (Å²) in [4.78, 5) is 29.3. The number of amides is 2. The summed E-state index contributed by atoms with van der Waals surface area (Å²) in [6.07, 6.45) is 6.34. The fraction of sp³-hybridized carbons (Fsp3) is 0.429. The van der Waals surface area contributed by atoms with Gasteiger partial charge in [-0.15, -0.1) is 11.3 Å². The lowest BCUT2D eigenvalue weighted by Gasteiger charge is -2.33. The first-order valence-electron chi connectivity index (χ1n) is 9.58. The molecule has 0 saturated heterocycles. The van der Waals surface area contributed by atoms with Crippen LogP contribution in [0.4, 0.5) is 5.69 Å². The molecule has 5 nitrogen and oxygen atoms in total. The minimum atomic E-state index is -0.699. The first-order valence-corrected chi connectivity index (χ1v) is 10.4. The van der Waals surface area contributed by atoms with E-state index in [1.165, 1.54) is 36.1 Å². The lowest BCUT2D eigenvalue weighted by atomic mass is 9.99. The number of benzene rings is 1. The second-order valence-corrected chi connectivity index (χ2v) is 8.21. The third kappa shape index (κ3) is 3.58. The van der Waals surface area contributed by atoms with Gasteiger partial charge in [0, 0.05) is 11.9 Å². The second kappa shape index (κ2) is 7.72. The van der Waals surface area contributed by atoms with Crippen molar-refractivity contribution in [2.24, 2.45) is 0 Å². The maximum Gasteiger partial charge on any atom is 0.268 e. The Labute approximate surface area is 163 Å². The van der Waals surface area contributed by atoms with E-state index < -0.39 is 6.10 Å². The minimum Gasteiger partial charge on any atom is -0.477 e. The van der Waals surface area contributed by atoms with Crippen molar-refractivity contribution in [3.63, 3.8) is 0 Å². The van der Waals surface area contributed by atoms with E-state index >= 15 is 0 Å². The van der Waals surface area contributed by atoms with E-state index in [1.807, 2.05) is 18.2 Å². The molecule has 0 bridgehead atoms. The molecular formula is C21H24N2O3S. The number of nitrogens with one attached hydrogen (secondary N) is 1. The van der Waals surface area contributed by atoms with Crippen molar-refractivity contribution in [2.45, 2.75) is 44.6 Å². The fourth-order valence-corrected chi connectivity index (χ4v) is 5.01.